The van der Waals surface area contributed by atoms with E-state index in [1.165, 1.54) is 0 Å². The third-order valence-corrected chi connectivity index (χ3v) is 5.68. The van der Waals surface area contributed by atoms with Crippen LogP contribution in [-0.4, -0.2) is 11.8 Å². The molecular formula is C34H20N2O2. The van der Waals surface area contributed by atoms with Crippen LogP contribution in [0.2, 0.25) is 0 Å². The first-order valence-electron chi connectivity index (χ1n) is 11.4. The van der Waals surface area contributed by atoms with E-state index in [1.807, 2.05) is 24.3 Å². The summed E-state index contributed by atoms with van der Waals surface area (Å²) < 4.78 is 0. The van der Waals surface area contributed by atoms with Gasteiger partial charge in [-0.1, -0.05) is 47.9 Å². The molecule has 178 valence electrons. The molecule has 0 saturated heterocycles. The van der Waals surface area contributed by atoms with Crippen molar-refractivity contribution in [2.75, 3.05) is 10.6 Å². The topological polar surface area (TPSA) is 58.2 Å². The lowest BCUT2D eigenvalue weighted by Crippen LogP contribution is -2.12. The number of anilines is 2. The first kappa shape index (κ1) is 25.2. The molecule has 0 radical (unpaired) electrons. The van der Waals surface area contributed by atoms with Gasteiger partial charge in [0, 0.05) is 44.8 Å². The smallest absolute Gasteiger partial charge is 0.255 e. The highest BCUT2D eigenvalue weighted by Crippen LogP contribution is 2.24. The molecule has 0 unspecified atom stereocenters. The van der Waals surface area contributed by atoms with Crippen molar-refractivity contribution >= 4 is 23.2 Å². The Morgan fingerprint density at radius 1 is 0.474 bits per heavy atom. The van der Waals surface area contributed by atoms with Crippen LogP contribution in [0.5, 0.6) is 0 Å². The number of hydrogen-bond acceptors (Lipinski definition) is 2. The Morgan fingerprint density at radius 2 is 0.763 bits per heavy atom. The third kappa shape index (κ3) is 5.82. The number of hydrogen-bond donors (Lipinski definition) is 2. The molecule has 0 heterocycles. The summed E-state index contributed by atoms with van der Waals surface area (Å²) >= 11 is 0. The minimum absolute atomic E-state index is 0.311. The molecule has 0 spiro atoms. The molecule has 0 aliphatic heterocycles. The number of terminal acetylenes is 4. The summed E-state index contributed by atoms with van der Waals surface area (Å²) in [7, 11) is 0. The Balaban J connectivity index is 1.44. The van der Waals surface area contributed by atoms with Crippen LogP contribution in [0.1, 0.15) is 43.0 Å². The van der Waals surface area contributed by atoms with Gasteiger partial charge in [-0.25, -0.2) is 0 Å². The van der Waals surface area contributed by atoms with Crippen LogP contribution < -0.4 is 10.6 Å². The zero-order chi connectivity index (χ0) is 27.1. The lowest BCUT2D eigenvalue weighted by atomic mass is 10.0. The fourth-order valence-corrected chi connectivity index (χ4v) is 3.75. The second kappa shape index (κ2) is 11.2. The number of rotatable bonds is 5. The highest BCUT2D eigenvalue weighted by molar-refractivity contribution is 6.05. The number of benzene rings is 4. The van der Waals surface area contributed by atoms with Gasteiger partial charge in [-0.3, -0.25) is 9.59 Å². The first-order chi connectivity index (χ1) is 18.4. The molecule has 0 aliphatic carbocycles. The molecule has 4 aromatic carbocycles. The molecule has 0 saturated carbocycles. The van der Waals surface area contributed by atoms with Gasteiger partial charge in [0.15, 0.2) is 0 Å². The van der Waals surface area contributed by atoms with E-state index in [9.17, 15) is 9.59 Å². The second-order valence-electron chi connectivity index (χ2n) is 8.24. The molecule has 0 bridgehead atoms. The molecule has 0 fully saturated rings. The third-order valence-electron chi connectivity index (χ3n) is 5.68. The van der Waals surface area contributed by atoms with E-state index in [1.54, 1.807) is 60.7 Å². The number of carbonyl (C=O) groups is 2. The van der Waals surface area contributed by atoms with Crippen molar-refractivity contribution in [2.45, 2.75) is 0 Å². The number of amides is 2. The van der Waals surface area contributed by atoms with Crippen LogP contribution in [0.25, 0.3) is 11.1 Å². The predicted molar refractivity (Wildman–Crippen MR) is 152 cm³/mol. The summed E-state index contributed by atoms with van der Waals surface area (Å²) in [6.07, 6.45) is 21.9. The quantitative estimate of drug-likeness (QED) is 0.350. The minimum Gasteiger partial charge on any atom is -0.322 e. The average molecular weight is 489 g/mol. The monoisotopic (exact) mass is 488 g/mol. The van der Waals surface area contributed by atoms with E-state index in [-0.39, 0.29) is 11.8 Å². The Bertz CT molecular complexity index is 1520. The van der Waals surface area contributed by atoms with Gasteiger partial charge in [0.1, 0.15) is 0 Å². The summed E-state index contributed by atoms with van der Waals surface area (Å²) in [6, 6.07) is 24.6. The molecule has 4 nitrogen and oxygen atoms in total. The second-order valence-corrected chi connectivity index (χ2v) is 8.24. The van der Waals surface area contributed by atoms with E-state index >= 15 is 0 Å². The van der Waals surface area contributed by atoms with Crippen LogP contribution >= 0.6 is 0 Å². The first-order valence-corrected chi connectivity index (χ1v) is 11.4. The van der Waals surface area contributed by atoms with Crippen molar-refractivity contribution in [1.29, 1.82) is 0 Å². The molecule has 4 rings (SSSR count). The van der Waals surface area contributed by atoms with Gasteiger partial charge in [-0.2, -0.15) is 0 Å². The molecule has 4 heteroatoms. The van der Waals surface area contributed by atoms with E-state index in [0.29, 0.717) is 44.8 Å². The lowest BCUT2D eigenvalue weighted by Gasteiger charge is -2.09. The standard InChI is InChI=1S/C34H20N2O2/c1-5-23-17-24(6-2)20-29(19-23)33(37)35-31-13-9-27(10-14-31)28-11-15-32(16-12-28)36-34(38)30-21-25(7-3)18-26(8-4)22-30/h1-4,9-22H,(H,35,37)(H,36,38). The maximum Gasteiger partial charge on any atom is 0.255 e. The summed E-state index contributed by atoms with van der Waals surface area (Å²) in [5, 5.41) is 5.71. The van der Waals surface area contributed by atoms with Gasteiger partial charge in [0.25, 0.3) is 11.8 Å². The van der Waals surface area contributed by atoms with Gasteiger partial charge in [-0.05, 0) is 71.8 Å². The molecule has 0 aliphatic rings. The molecule has 2 N–H and O–H groups in total. The largest absolute Gasteiger partial charge is 0.322 e. The maximum atomic E-state index is 12.7. The van der Waals surface area contributed by atoms with E-state index in [4.69, 9.17) is 25.7 Å². The molecule has 0 aromatic heterocycles. The highest BCUT2D eigenvalue weighted by Gasteiger charge is 2.10. The van der Waals surface area contributed by atoms with Crippen molar-refractivity contribution < 1.29 is 9.59 Å². The van der Waals surface area contributed by atoms with Crippen LogP contribution in [-0.2, 0) is 0 Å². The zero-order valence-electron chi connectivity index (χ0n) is 20.2. The average Bonchev–Trinajstić information content (AvgIpc) is 2.97. The van der Waals surface area contributed by atoms with Crippen molar-refractivity contribution in [3.8, 4) is 60.5 Å². The van der Waals surface area contributed by atoms with Gasteiger partial charge in [0.2, 0.25) is 0 Å². The normalized spacial score (nSPS) is 9.68. The van der Waals surface area contributed by atoms with Crippen molar-refractivity contribution in [3.05, 3.63) is 118 Å². The van der Waals surface area contributed by atoms with Crippen molar-refractivity contribution in [3.63, 3.8) is 0 Å². The van der Waals surface area contributed by atoms with Crippen molar-refractivity contribution in [1.82, 2.24) is 0 Å². The van der Waals surface area contributed by atoms with Crippen LogP contribution in [0, 0.1) is 49.4 Å². The number of carbonyl (C=O) groups excluding carboxylic acids is 2. The highest BCUT2D eigenvalue weighted by atomic mass is 16.2. The van der Waals surface area contributed by atoms with E-state index in [2.05, 4.69) is 34.3 Å². The summed E-state index contributed by atoms with van der Waals surface area (Å²) in [6.45, 7) is 0. The van der Waals surface area contributed by atoms with Gasteiger partial charge in [0.05, 0.1) is 0 Å². The SMILES string of the molecule is C#Cc1cc(C#C)cc(C(=O)Nc2ccc(-c3ccc(NC(=O)c4cc(C#C)cc(C#C)c4)cc3)cc2)c1. The predicted octanol–water partition coefficient (Wildman–Crippen LogP) is 5.78. The van der Waals surface area contributed by atoms with E-state index < -0.39 is 0 Å². The Morgan fingerprint density at radius 3 is 1.03 bits per heavy atom. The van der Waals surface area contributed by atoms with Gasteiger partial charge >= 0.3 is 0 Å². The lowest BCUT2D eigenvalue weighted by molar-refractivity contribution is 0.101. The molecule has 38 heavy (non-hydrogen) atoms. The maximum absolute atomic E-state index is 12.7. The Hall–Kier alpha value is -5.94. The molecular weight excluding hydrogens is 468 g/mol. The van der Waals surface area contributed by atoms with Crippen LogP contribution in [0.15, 0.2) is 84.9 Å². The fourth-order valence-electron chi connectivity index (χ4n) is 3.75. The minimum atomic E-state index is -0.311. The Labute approximate surface area is 222 Å². The number of nitrogens with one attached hydrogen (secondary N) is 2. The van der Waals surface area contributed by atoms with Crippen LogP contribution in [0.4, 0.5) is 11.4 Å². The molecule has 4 aromatic rings. The Kier molecular flexibility index (Phi) is 7.42. The fraction of sp³-hybridized carbons (Fsp3) is 0. The van der Waals surface area contributed by atoms with Gasteiger partial charge in [-0.15, -0.1) is 25.7 Å². The van der Waals surface area contributed by atoms with Crippen molar-refractivity contribution in [2.24, 2.45) is 0 Å². The summed E-state index contributed by atoms with van der Waals surface area (Å²) in [5.74, 6) is 9.40. The summed E-state index contributed by atoms with van der Waals surface area (Å²) in [5.41, 5.74) is 6.05. The molecule has 2 amide bonds. The van der Waals surface area contributed by atoms with Crippen LogP contribution in [0.3, 0.4) is 0 Å². The van der Waals surface area contributed by atoms with E-state index in [0.717, 1.165) is 11.1 Å². The van der Waals surface area contributed by atoms with Gasteiger partial charge < -0.3 is 10.6 Å². The molecule has 0 atom stereocenters. The summed E-state index contributed by atoms with van der Waals surface area (Å²) in [4.78, 5) is 25.4. The zero-order valence-corrected chi connectivity index (χ0v) is 20.2.